The molecule has 0 fully saturated rings. The SMILES string of the molecule is CC(NCCCO)C(O)c1ccc(-c2ccccc2)cc1. The first kappa shape index (κ1) is 15.7. The molecule has 0 aromatic heterocycles. The Morgan fingerprint density at radius 2 is 1.57 bits per heavy atom. The lowest BCUT2D eigenvalue weighted by atomic mass is 9.99. The van der Waals surface area contributed by atoms with Crippen LogP contribution >= 0.6 is 0 Å². The van der Waals surface area contributed by atoms with Gasteiger partial charge >= 0.3 is 0 Å². The van der Waals surface area contributed by atoms with E-state index in [1.54, 1.807) is 0 Å². The molecule has 2 unspecified atom stereocenters. The maximum absolute atomic E-state index is 10.3. The first-order valence-corrected chi connectivity index (χ1v) is 7.40. The normalized spacial score (nSPS) is 13.9. The third-order valence-corrected chi connectivity index (χ3v) is 3.63. The Labute approximate surface area is 126 Å². The fraction of sp³-hybridized carbons (Fsp3) is 0.333. The second-order valence-corrected chi connectivity index (χ2v) is 5.25. The quantitative estimate of drug-likeness (QED) is 0.686. The van der Waals surface area contributed by atoms with Gasteiger partial charge in [0, 0.05) is 12.6 Å². The highest BCUT2D eigenvalue weighted by Gasteiger charge is 2.15. The van der Waals surface area contributed by atoms with Crippen LogP contribution in [0.4, 0.5) is 0 Å². The van der Waals surface area contributed by atoms with E-state index in [1.165, 1.54) is 5.56 Å². The summed E-state index contributed by atoms with van der Waals surface area (Å²) in [4.78, 5) is 0. The molecule has 0 radical (unpaired) electrons. The maximum atomic E-state index is 10.3. The van der Waals surface area contributed by atoms with Crippen molar-refractivity contribution in [2.24, 2.45) is 0 Å². The van der Waals surface area contributed by atoms with Gasteiger partial charge in [0.2, 0.25) is 0 Å². The van der Waals surface area contributed by atoms with E-state index in [-0.39, 0.29) is 12.6 Å². The molecule has 0 saturated heterocycles. The zero-order chi connectivity index (χ0) is 15.1. The number of hydrogen-bond acceptors (Lipinski definition) is 3. The Balaban J connectivity index is 2.01. The van der Waals surface area contributed by atoms with E-state index in [2.05, 4.69) is 17.4 Å². The molecule has 0 aliphatic heterocycles. The van der Waals surface area contributed by atoms with E-state index in [4.69, 9.17) is 5.11 Å². The van der Waals surface area contributed by atoms with Gasteiger partial charge in [0.1, 0.15) is 0 Å². The zero-order valence-corrected chi connectivity index (χ0v) is 12.4. The minimum absolute atomic E-state index is 0.0425. The molecule has 0 aliphatic rings. The molecular formula is C18H23NO2. The van der Waals surface area contributed by atoms with Crippen LogP contribution in [0.15, 0.2) is 54.6 Å². The van der Waals surface area contributed by atoms with Crippen molar-refractivity contribution >= 4 is 0 Å². The lowest BCUT2D eigenvalue weighted by Gasteiger charge is -2.20. The fourth-order valence-corrected chi connectivity index (χ4v) is 2.31. The van der Waals surface area contributed by atoms with Crippen molar-refractivity contribution in [3.63, 3.8) is 0 Å². The summed E-state index contributed by atoms with van der Waals surface area (Å²) in [7, 11) is 0. The van der Waals surface area contributed by atoms with Gasteiger partial charge in [-0.1, -0.05) is 54.6 Å². The van der Waals surface area contributed by atoms with Crippen LogP contribution < -0.4 is 5.32 Å². The Morgan fingerprint density at radius 3 is 2.19 bits per heavy atom. The van der Waals surface area contributed by atoms with Crippen molar-refractivity contribution in [1.29, 1.82) is 0 Å². The summed E-state index contributed by atoms with van der Waals surface area (Å²) in [6.07, 6.45) is 0.151. The molecule has 3 N–H and O–H groups in total. The van der Waals surface area contributed by atoms with E-state index in [1.807, 2.05) is 49.4 Å². The minimum Gasteiger partial charge on any atom is -0.396 e. The number of aliphatic hydroxyl groups is 2. The Kier molecular flexibility index (Phi) is 5.93. The second kappa shape index (κ2) is 7.93. The van der Waals surface area contributed by atoms with Gasteiger partial charge in [-0.25, -0.2) is 0 Å². The van der Waals surface area contributed by atoms with Crippen molar-refractivity contribution in [3.8, 4) is 11.1 Å². The third kappa shape index (κ3) is 4.39. The second-order valence-electron chi connectivity index (χ2n) is 5.25. The topological polar surface area (TPSA) is 52.5 Å². The molecule has 0 heterocycles. The predicted octanol–water partition coefficient (Wildman–Crippen LogP) is 2.75. The van der Waals surface area contributed by atoms with Gasteiger partial charge in [0.15, 0.2) is 0 Å². The monoisotopic (exact) mass is 285 g/mol. The molecule has 3 nitrogen and oxygen atoms in total. The van der Waals surface area contributed by atoms with Crippen LogP contribution in [0, 0.1) is 0 Å². The lowest BCUT2D eigenvalue weighted by Crippen LogP contribution is -2.33. The molecule has 3 heteroatoms. The Hall–Kier alpha value is -1.68. The molecule has 2 aromatic rings. The van der Waals surface area contributed by atoms with E-state index in [9.17, 15) is 5.11 Å². The highest BCUT2D eigenvalue weighted by atomic mass is 16.3. The van der Waals surface area contributed by atoms with Crippen LogP contribution in [0.25, 0.3) is 11.1 Å². The van der Waals surface area contributed by atoms with Gasteiger partial charge in [-0.05, 0) is 36.6 Å². The van der Waals surface area contributed by atoms with Gasteiger partial charge in [-0.3, -0.25) is 0 Å². The molecule has 0 bridgehead atoms. The van der Waals surface area contributed by atoms with Gasteiger partial charge < -0.3 is 15.5 Å². The number of hydrogen-bond donors (Lipinski definition) is 3. The summed E-state index contributed by atoms with van der Waals surface area (Å²) in [6.45, 7) is 2.82. The lowest BCUT2D eigenvalue weighted by molar-refractivity contribution is 0.134. The molecule has 0 saturated carbocycles. The van der Waals surface area contributed by atoms with Crippen molar-refractivity contribution in [1.82, 2.24) is 5.32 Å². The predicted molar refractivity (Wildman–Crippen MR) is 86.0 cm³/mol. The van der Waals surface area contributed by atoms with Crippen LogP contribution in [-0.4, -0.2) is 29.4 Å². The number of aliphatic hydroxyl groups excluding tert-OH is 2. The third-order valence-electron chi connectivity index (χ3n) is 3.63. The summed E-state index contributed by atoms with van der Waals surface area (Å²) in [5.41, 5.74) is 3.22. The van der Waals surface area contributed by atoms with Crippen LogP contribution in [-0.2, 0) is 0 Å². The van der Waals surface area contributed by atoms with Crippen molar-refractivity contribution in [3.05, 3.63) is 60.2 Å². The van der Waals surface area contributed by atoms with E-state index >= 15 is 0 Å². The highest BCUT2D eigenvalue weighted by Crippen LogP contribution is 2.23. The van der Waals surface area contributed by atoms with Crippen molar-refractivity contribution in [2.45, 2.75) is 25.5 Å². The number of rotatable bonds is 7. The smallest absolute Gasteiger partial charge is 0.0940 e. The molecule has 2 rings (SSSR count). The average molecular weight is 285 g/mol. The summed E-state index contributed by atoms with van der Waals surface area (Å²) < 4.78 is 0. The Morgan fingerprint density at radius 1 is 0.952 bits per heavy atom. The van der Waals surface area contributed by atoms with Crippen molar-refractivity contribution in [2.75, 3.05) is 13.2 Å². The van der Waals surface area contributed by atoms with Crippen LogP contribution in [0.1, 0.15) is 25.0 Å². The molecule has 0 aliphatic carbocycles. The van der Waals surface area contributed by atoms with E-state index in [0.29, 0.717) is 13.0 Å². The van der Waals surface area contributed by atoms with E-state index < -0.39 is 6.10 Å². The summed E-state index contributed by atoms with van der Waals surface area (Å²) in [5, 5.41) is 22.3. The Bertz CT molecular complexity index is 525. The minimum atomic E-state index is -0.548. The number of nitrogens with one attached hydrogen (secondary N) is 1. The summed E-state index contributed by atoms with van der Waals surface area (Å²) >= 11 is 0. The zero-order valence-electron chi connectivity index (χ0n) is 12.4. The molecule has 2 atom stereocenters. The van der Waals surface area contributed by atoms with Gasteiger partial charge in [-0.15, -0.1) is 0 Å². The van der Waals surface area contributed by atoms with Crippen molar-refractivity contribution < 1.29 is 10.2 Å². The average Bonchev–Trinajstić information content (AvgIpc) is 2.55. The fourth-order valence-electron chi connectivity index (χ4n) is 2.31. The molecule has 0 spiro atoms. The number of benzene rings is 2. The molecule has 2 aromatic carbocycles. The molecule has 112 valence electrons. The van der Waals surface area contributed by atoms with Crippen LogP contribution in [0.5, 0.6) is 0 Å². The first-order valence-electron chi connectivity index (χ1n) is 7.40. The van der Waals surface area contributed by atoms with Gasteiger partial charge in [-0.2, -0.15) is 0 Å². The first-order chi connectivity index (χ1) is 10.2. The molecule has 0 amide bonds. The van der Waals surface area contributed by atoms with Gasteiger partial charge in [0.25, 0.3) is 0 Å². The molecular weight excluding hydrogens is 262 g/mol. The molecule has 21 heavy (non-hydrogen) atoms. The van der Waals surface area contributed by atoms with Crippen LogP contribution in [0.2, 0.25) is 0 Å². The summed E-state index contributed by atoms with van der Waals surface area (Å²) in [6, 6.07) is 18.2. The standard InChI is InChI=1S/C18H23NO2/c1-14(19-12-5-13-20)18(21)17-10-8-16(9-11-17)15-6-3-2-4-7-15/h2-4,6-11,14,18-21H,5,12-13H2,1H3. The largest absolute Gasteiger partial charge is 0.396 e. The van der Waals surface area contributed by atoms with Crippen LogP contribution in [0.3, 0.4) is 0 Å². The maximum Gasteiger partial charge on any atom is 0.0940 e. The highest BCUT2D eigenvalue weighted by molar-refractivity contribution is 5.63. The summed E-state index contributed by atoms with van der Waals surface area (Å²) in [5.74, 6) is 0. The van der Waals surface area contributed by atoms with Gasteiger partial charge in [0.05, 0.1) is 6.10 Å². The van der Waals surface area contributed by atoms with E-state index in [0.717, 1.165) is 11.1 Å².